The molecule has 0 spiro atoms. The summed E-state index contributed by atoms with van der Waals surface area (Å²) in [7, 11) is 2.18. The summed E-state index contributed by atoms with van der Waals surface area (Å²) in [6.07, 6.45) is 3.29. The van der Waals surface area contributed by atoms with Crippen molar-refractivity contribution < 1.29 is 9.53 Å². The Bertz CT molecular complexity index is 518. The van der Waals surface area contributed by atoms with Gasteiger partial charge in [0.25, 0.3) is 5.91 Å². The predicted molar refractivity (Wildman–Crippen MR) is 95.6 cm³/mol. The van der Waals surface area contributed by atoms with E-state index in [4.69, 9.17) is 4.74 Å². The highest BCUT2D eigenvalue weighted by Crippen LogP contribution is 2.17. The molecule has 0 radical (unpaired) electrons. The summed E-state index contributed by atoms with van der Waals surface area (Å²) >= 11 is 0. The molecule has 1 aromatic carbocycles. The van der Waals surface area contributed by atoms with Gasteiger partial charge in [0.2, 0.25) is 0 Å². The van der Waals surface area contributed by atoms with Crippen LogP contribution in [0.15, 0.2) is 24.3 Å². The van der Waals surface area contributed by atoms with Gasteiger partial charge in [-0.1, -0.05) is 0 Å². The van der Waals surface area contributed by atoms with Gasteiger partial charge in [-0.25, -0.2) is 0 Å². The van der Waals surface area contributed by atoms with Gasteiger partial charge in [0.1, 0.15) is 5.75 Å². The molecule has 0 saturated carbocycles. The number of likely N-dealkylation sites (tertiary alicyclic amines) is 1. The van der Waals surface area contributed by atoms with Crippen LogP contribution < -0.4 is 4.74 Å². The summed E-state index contributed by atoms with van der Waals surface area (Å²) in [5.74, 6) is 1.00. The van der Waals surface area contributed by atoms with Crippen molar-refractivity contribution in [1.29, 1.82) is 0 Å². The molecule has 132 valence electrons. The molecule has 2 aliphatic rings. The van der Waals surface area contributed by atoms with Gasteiger partial charge in [-0.2, -0.15) is 0 Å². The van der Waals surface area contributed by atoms with Gasteiger partial charge >= 0.3 is 0 Å². The Kier molecular flexibility index (Phi) is 6.10. The highest BCUT2D eigenvalue weighted by molar-refractivity contribution is 5.94. The van der Waals surface area contributed by atoms with Crippen LogP contribution in [0.3, 0.4) is 0 Å². The number of hydrogen-bond acceptors (Lipinski definition) is 4. The van der Waals surface area contributed by atoms with Gasteiger partial charge in [0, 0.05) is 51.4 Å². The Morgan fingerprint density at radius 3 is 2.33 bits per heavy atom. The number of carbonyl (C=O) groups excluding carboxylic acids is 1. The summed E-state index contributed by atoms with van der Waals surface area (Å²) in [4.78, 5) is 19.1. The van der Waals surface area contributed by atoms with Crippen molar-refractivity contribution in [3.8, 4) is 5.75 Å². The summed E-state index contributed by atoms with van der Waals surface area (Å²) in [6, 6.07) is 7.60. The van der Waals surface area contributed by atoms with Gasteiger partial charge in [-0.05, 0) is 50.6 Å². The van der Waals surface area contributed by atoms with E-state index in [2.05, 4.69) is 16.8 Å². The topological polar surface area (TPSA) is 36.0 Å². The molecule has 3 rings (SSSR count). The minimum absolute atomic E-state index is 0.147. The minimum Gasteiger partial charge on any atom is -0.494 e. The molecule has 0 N–H and O–H groups in total. The van der Waals surface area contributed by atoms with E-state index in [0.717, 1.165) is 83.0 Å². The Hall–Kier alpha value is -1.59. The number of piperazine rings is 1. The van der Waals surface area contributed by atoms with Crippen LogP contribution in [0, 0.1) is 0 Å². The number of carbonyl (C=O) groups is 1. The maximum atomic E-state index is 12.3. The summed E-state index contributed by atoms with van der Waals surface area (Å²) in [5.41, 5.74) is 0.765. The van der Waals surface area contributed by atoms with E-state index < -0.39 is 0 Å². The molecule has 1 aromatic rings. The summed E-state index contributed by atoms with van der Waals surface area (Å²) < 4.78 is 5.82. The predicted octanol–water partition coefficient (Wildman–Crippen LogP) is 1.94. The van der Waals surface area contributed by atoms with E-state index in [9.17, 15) is 4.79 Å². The lowest BCUT2D eigenvalue weighted by Crippen LogP contribution is -2.44. The molecule has 2 saturated heterocycles. The zero-order chi connectivity index (χ0) is 16.8. The number of hydrogen-bond donors (Lipinski definition) is 0. The maximum Gasteiger partial charge on any atom is 0.253 e. The van der Waals surface area contributed by atoms with Crippen LogP contribution in [0.25, 0.3) is 0 Å². The first-order valence-corrected chi connectivity index (χ1v) is 9.15. The summed E-state index contributed by atoms with van der Waals surface area (Å²) in [6.45, 7) is 8.24. The second-order valence-electron chi connectivity index (χ2n) is 6.87. The van der Waals surface area contributed by atoms with E-state index in [0.29, 0.717) is 0 Å². The van der Waals surface area contributed by atoms with Crippen LogP contribution >= 0.6 is 0 Å². The van der Waals surface area contributed by atoms with Crippen molar-refractivity contribution in [2.24, 2.45) is 0 Å². The van der Waals surface area contributed by atoms with Gasteiger partial charge < -0.3 is 19.4 Å². The van der Waals surface area contributed by atoms with E-state index in [-0.39, 0.29) is 5.91 Å². The van der Waals surface area contributed by atoms with Crippen LogP contribution in [0.1, 0.15) is 29.6 Å². The Morgan fingerprint density at radius 2 is 1.67 bits per heavy atom. The molecular formula is C19H29N3O2. The Morgan fingerprint density at radius 1 is 1.00 bits per heavy atom. The molecule has 0 aromatic heterocycles. The number of rotatable bonds is 6. The molecule has 2 heterocycles. The van der Waals surface area contributed by atoms with Gasteiger partial charge in [0.05, 0.1) is 6.61 Å². The van der Waals surface area contributed by atoms with Crippen LogP contribution in [0.4, 0.5) is 0 Å². The molecule has 0 bridgehead atoms. The second-order valence-corrected chi connectivity index (χ2v) is 6.87. The molecule has 5 nitrogen and oxygen atoms in total. The standard InChI is InChI=1S/C19H29N3O2/c1-20-12-14-21(15-13-20)9-4-16-24-18-7-5-17(6-8-18)19(23)22-10-2-3-11-22/h5-8H,2-4,9-16H2,1H3. The fraction of sp³-hybridized carbons (Fsp3) is 0.632. The number of ether oxygens (including phenoxy) is 1. The van der Waals surface area contributed by atoms with Crippen molar-refractivity contribution in [3.63, 3.8) is 0 Å². The number of likely N-dealkylation sites (N-methyl/N-ethyl adjacent to an activating group) is 1. The summed E-state index contributed by atoms with van der Waals surface area (Å²) in [5, 5.41) is 0. The fourth-order valence-electron chi connectivity index (χ4n) is 3.35. The molecule has 0 atom stereocenters. The number of benzene rings is 1. The highest BCUT2D eigenvalue weighted by atomic mass is 16.5. The van der Waals surface area contributed by atoms with Gasteiger partial charge in [-0.15, -0.1) is 0 Å². The fourth-order valence-corrected chi connectivity index (χ4v) is 3.35. The van der Waals surface area contributed by atoms with E-state index in [1.54, 1.807) is 0 Å². The van der Waals surface area contributed by atoms with Crippen molar-refractivity contribution in [1.82, 2.24) is 14.7 Å². The van der Waals surface area contributed by atoms with Crippen molar-refractivity contribution in [2.45, 2.75) is 19.3 Å². The number of nitrogens with zero attached hydrogens (tertiary/aromatic N) is 3. The molecule has 0 aliphatic carbocycles. The number of amides is 1. The SMILES string of the molecule is CN1CCN(CCCOc2ccc(C(=O)N3CCCC3)cc2)CC1. The quantitative estimate of drug-likeness (QED) is 0.747. The lowest BCUT2D eigenvalue weighted by Gasteiger charge is -2.32. The second kappa shape index (κ2) is 8.49. The van der Waals surface area contributed by atoms with Crippen LogP contribution in [-0.4, -0.2) is 80.1 Å². The molecular weight excluding hydrogens is 302 g/mol. The van der Waals surface area contributed by atoms with Gasteiger partial charge in [-0.3, -0.25) is 4.79 Å². The third-order valence-electron chi connectivity index (χ3n) is 4.98. The van der Waals surface area contributed by atoms with Crippen molar-refractivity contribution in [2.75, 3.05) is 59.5 Å². The lowest BCUT2D eigenvalue weighted by molar-refractivity contribution is 0.0793. The molecule has 1 amide bonds. The van der Waals surface area contributed by atoms with E-state index >= 15 is 0 Å². The van der Waals surface area contributed by atoms with Gasteiger partial charge in [0.15, 0.2) is 0 Å². The molecule has 24 heavy (non-hydrogen) atoms. The molecule has 2 fully saturated rings. The van der Waals surface area contributed by atoms with Crippen molar-refractivity contribution in [3.05, 3.63) is 29.8 Å². The molecule has 0 unspecified atom stereocenters. The molecule has 5 heteroatoms. The third-order valence-corrected chi connectivity index (χ3v) is 4.98. The van der Waals surface area contributed by atoms with E-state index in [1.165, 1.54) is 0 Å². The molecule has 2 aliphatic heterocycles. The van der Waals surface area contributed by atoms with Crippen LogP contribution in [-0.2, 0) is 0 Å². The smallest absolute Gasteiger partial charge is 0.253 e. The zero-order valence-corrected chi connectivity index (χ0v) is 14.7. The average molecular weight is 331 g/mol. The zero-order valence-electron chi connectivity index (χ0n) is 14.7. The average Bonchev–Trinajstić information content (AvgIpc) is 3.15. The van der Waals surface area contributed by atoms with E-state index in [1.807, 2.05) is 29.2 Å². The Labute approximate surface area is 145 Å². The van der Waals surface area contributed by atoms with Crippen molar-refractivity contribution >= 4 is 5.91 Å². The Balaban J connectivity index is 1.37. The van der Waals surface area contributed by atoms with Crippen LogP contribution in [0.5, 0.6) is 5.75 Å². The first-order valence-electron chi connectivity index (χ1n) is 9.15. The largest absolute Gasteiger partial charge is 0.494 e. The monoisotopic (exact) mass is 331 g/mol. The van der Waals surface area contributed by atoms with Crippen LogP contribution in [0.2, 0.25) is 0 Å². The minimum atomic E-state index is 0.147. The lowest BCUT2D eigenvalue weighted by atomic mass is 10.2. The third kappa shape index (κ3) is 4.71. The maximum absolute atomic E-state index is 12.3. The first-order chi connectivity index (χ1) is 11.7. The first kappa shape index (κ1) is 17.2. The highest BCUT2D eigenvalue weighted by Gasteiger charge is 2.19. The normalized spacial score (nSPS) is 19.6.